The Morgan fingerprint density at radius 2 is 1.77 bits per heavy atom. The Hall–Kier alpha value is -2.41. The van der Waals surface area contributed by atoms with Crippen molar-refractivity contribution in [2.75, 3.05) is 23.7 Å². The van der Waals surface area contributed by atoms with Gasteiger partial charge in [-0.25, -0.2) is 12.8 Å². The summed E-state index contributed by atoms with van der Waals surface area (Å²) in [6.07, 6.45) is 1.98. The third kappa shape index (κ3) is 5.56. The molecule has 140 valence electrons. The highest BCUT2D eigenvalue weighted by Gasteiger charge is 2.19. The van der Waals surface area contributed by atoms with E-state index in [0.717, 1.165) is 11.8 Å². The van der Waals surface area contributed by atoms with E-state index in [0.29, 0.717) is 17.7 Å². The van der Waals surface area contributed by atoms with Crippen molar-refractivity contribution in [3.05, 3.63) is 65.5 Å². The molecule has 0 bridgehead atoms. The lowest BCUT2D eigenvalue weighted by molar-refractivity contribution is -0.120. The molecule has 0 heterocycles. The van der Waals surface area contributed by atoms with Crippen LogP contribution in [0.5, 0.6) is 0 Å². The topological polar surface area (TPSA) is 66.5 Å². The van der Waals surface area contributed by atoms with Crippen LogP contribution in [0.3, 0.4) is 0 Å². The monoisotopic (exact) mass is 378 g/mol. The van der Waals surface area contributed by atoms with Crippen LogP contribution in [0, 0.1) is 5.82 Å². The summed E-state index contributed by atoms with van der Waals surface area (Å²) < 4.78 is 38.5. The van der Waals surface area contributed by atoms with Gasteiger partial charge in [-0.2, -0.15) is 0 Å². The minimum absolute atomic E-state index is 0.116. The first-order chi connectivity index (χ1) is 12.3. The molecule has 26 heavy (non-hydrogen) atoms. The SMILES string of the molecule is CCc1ccccc1N(CCNC(=O)Cc1ccc(F)cc1)S(C)(=O)=O. The number of benzene rings is 2. The van der Waals surface area contributed by atoms with Crippen molar-refractivity contribution in [1.82, 2.24) is 5.32 Å². The molecule has 2 aromatic carbocycles. The second kappa shape index (κ2) is 8.80. The lowest BCUT2D eigenvalue weighted by atomic mass is 10.1. The molecule has 2 aromatic rings. The fourth-order valence-corrected chi connectivity index (χ4v) is 3.62. The molecule has 0 aliphatic carbocycles. The van der Waals surface area contributed by atoms with Gasteiger partial charge in [0.1, 0.15) is 5.82 Å². The number of nitrogens with one attached hydrogen (secondary N) is 1. The fraction of sp³-hybridized carbons (Fsp3) is 0.316. The second-order valence-electron chi connectivity index (χ2n) is 5.97. The van der Waals surface area contributed by atoms with Crippen molar-refractivity contribution < 1.29 is 17.6 Å². The average molecular weight is 378 g/mol. The van der Waals surface area contributed by atoms with Crippen LogP contribution in [0.1, 0.15) is 18.1 Å². The van der Waals surface area contributed by atoms with Gasteiger partial charge < -0.3 is 5.32 Å². The standard InChI is InChI=1S/C19H23FN2O3S/c1-3-16-6-4-5-7-18(16)22(26(2,24)25)13-12-21-19(23)14-15-8-10-17(20)11-9-15/h4-11H,3,12-14H2,1-2H3,(H,21,23). The van der Waals surface area contributed by atoms with E-state index in [1.54, 1.807) is 24.3 Å². The smallest absolute Gasteiger partial charge is 0.232 e. The average Bonchev–Trinajstić information content (AvgIpc) is 2.60. The van der Waals surface area contributed by atoms with Crippen LogP contribution in [0.25, 0.3) is 0 Å². The molecule has 0 fully saturated rings. The highest BCUT2D eigenvalue weighted by Crippen LogP contribution is 2.22. The number of anilines is 1. The minimum Gasteiger partial charge on any atom is -0.354 e. The number of nitrogens with zero attached hydrogens (tertiary/aromatic N) is 1. The minimum atomic E-state index is -3.47. The van der Waals surface area contributed by atoms with E-state index in [-0.39, 0.29) is 31.2 Å². The molecule has 1 amide bonds. The molecule has 7 heteroatoms. The lowest BCUT2D eigenvalue weighted by Crippen LogP contribution is -2.39. The van der Waals surface area contributed by atoms with Crippen LogP contribution in [0.2, 0.25) is 0 Å². The number of carbonyl (C=O) groups excluding carboxylic acids is 1. The Morgan fingerprint density at radius 3 is 2.38 bits per heavy atom. The first kappa shape index (κ1) is 19.9. The Balaban J connectivity index is 2.00. The molecule has 0 atom stereocenters. The molecule has 0 aromatic heterocycles. The second-order valence-corrected chi connectivity index (χ2v) is 7.88. The van der Waals surface area contributed by atoms with Crippen LogP contribution in [-0.4, -0.2) is 33.7 Å². The highest BCUT2D eigenvalue weighted by molar-refractivity contribution is 7.92. The predicted molar refractivity (Wildman–Crippen MR) is 101 cm³/mol. The molecule has 0 saturated carbocycles. The van der Waals surface area contributed by atoms with Crippen molar-refractivity contribution >= 4 is 21.6 Å². The van der Waals surface area contributed by atoms with Crippen molar-refractivity contribution in [1.29, 1.82) is 0 Å². The zero-order chi connectivity index (χ0) is 19.2. The Kier molecular flexibility index (Phi) is 6.74. The van der Waals surface area contributed by atoms with Crippen molar-refractivity contribution in [3.63, 3.8) is 0 Å². The predicted octanol–water partition coefficient (Wildman–Crippen LogP) is 2.51. The van der Waals surface area contributed by atoms with E-state index in [1.165, 1.54) is 16.4 Å². The molecule has 0 aliphatic rings. The number of amides is 1. The maximum Gasteiger partial charge on any atom is 0.232 e. The lowest BCUT2D eigenvalue weighted by Gasteiger charge is -2.24. The van der Waals surface area contributed by atoms with Gasteiger partial charge in [-0.15, -0.1) is 0 Å². The summed E-state index contributed by atoms with van der Waals surface area (Å²) in [4.78, 5) is 12.0. The van der Waals surface area contributed by atoms with Crippen molar-refractivity contribution in [2.45, 2.75) is 19.8 Å². The fourth-order valence-electron chi connectivity index (χ4n) is 2.67. The Morgan fingerprint density at radius 1 is 1.12 bits per heavy atom. The summed E-state index contributed by atoms with van der Waals surface area (Å²) in [5.74, 6) is -0.596. The normalized spacial score (nSPS) is 11.2. The number of rotatable bonds is 8. The van der Waals surface area contributed by atoms with E-state index in [1.807, 2.05) is 19.1 Å². The van der Waals surface area contributed by atoms with Gasteiger partial charge in [-0.05, 0) is 35.7 Å². The van der Waals surface area contributed by atoms with Crippen LogP contribution < -0.4 is 9.62 Å². The number of carbonyl (C=O) groups is 1. The van der Waals surface area contributed by atoms with Gasteiger partial charge >= 0.3 is 0 Å². The van der Waals surface area contributed by atoms with Gasteiger partial charge in [0.2, 0.25) is 15.9 Å². The van der Waals surface area contributed by atoms with Crippen LogP contribution in [0.4, 0.5) is 10.1 Å². The van der Waals surface area contributed by atoms with Gasteiger partial charge in [0.15, 0.2) is 0 Å². The molecule has 0 saturated heterocycles. The molecule has 5 nitrogen and oxygen atoms in total. The van der Waals surface area contributed by atoms with Gasteiger partial charge in [-0.3, -0.25) is 9.10 Å². The van der Waals surface area contributed by atoms with E-state index in [2.05, 4.69) is 5.32 Å². The van der Waals surface area contributed by atoms with E-state index in [4.69, 9.17) is 0 Å². The third-order valence-electron chi connectivity index (χ3n) is 3.96. The van der Waals surface area contributed by atoms with E-state index < -0.39 is 10.0 Å². The summed E-state index contributed by atoms with van der Waals surface area (Å²) in [6.45, 7) is 2.29. The molecule has 0 aliphatic heterocycles. The molecule has 0 spiro atoms. The first-order valence-corrected chi connectivity index (χ1v) is 10.2. The number of sulfonamides is 1. The maximum absolute atomic E-state index is 12.9. The van der Waals surface area contributed by atoms with Crippen LogP contribution in [0.15, 0.2) is 48.5 Å². The number of hydrogen-bond acceptors (Lipinski definition) is 3. The molecular formula is C19H23FN2O3S. The Labute approximate surface area is 153 Å². The number of aryl methyl sites for hydroxylation is 1. The summed E-state index contributed by atoms with van der Waals surface area (Å²) in [5.41, 5.74) is 2.25. The number of para-hydroxylation sites is 1. The van der Waals surface area contributed by atoms with Gasteiger partial charge in [0.25, 0.3) is 0 Å². The van der Waals surface area contributed by atoms with E-state index in [9.17, 15) is 17.6 Å². The molecule has 1 N–H and O–H groups in total. The quantitative estimate of drug-likeness (QED) is 0.768. The van der Waals surface area contributed by atoms with Gasteiger partial charge in [0.05, 0.1) is 24.9 Å². The highest BCUT2D eigenvalue weighted by atomic mass is 32.2. The van der Waals surface area contributed by atoms with Crippen LogP contribution >= 0.6 is 0 Å². The van der Waals surface area contributed by atoms with Crippen molar-refractivity contribution in [2.24, 2.45) is 0 Å². The molecule has 0 radical (unpaired) electrons. The largest absolute Gasteiger partial charge is 0.354 e. The van der Waals surface area contributed by atoms with E-state index >= 15 is 0 Å². The summed E-state index contributed by atoms with van der Waals surface area (Å²) in [6, 6.07) is 13.0. The van der Waals surface area contributed by atoms with Gasteiger partial charge in [-0.1, -0.05) is 37.3 Å². The maximum atomic E-state index is 12.9. The Bertz CT molecular complexity index is 851. The summed E-state index contributed by atoms with van der Waals surface area (Å²) in [7, 11) is -3.47. The third-order valence-corrected chi connectivity index (χ3v) is 5.14. The molecule has 2 rings (SSSR count). The summed E-state index contributed by atoms with van der Waals surface area (Å²) in [5, 5.41) is 2.72. The number of halogens is 1. The molecule has 0 unspecified atom stereocenters. The zero-order valence-corrected chi connectivity index (χ0v) is 15.7. The first-order valence-electron chi connectivity index (χ1n) is 8.38. The van der Waals surface area contributed by atoms with Crippen LogP contribution in [-0.2, 0) is 27.7 Å². The van der Waals surface area contributed by atoms with Crippen molar-refractivity contribution in [3.8, 4) is 0 Å². The summed E-state index contributed by atoms with van der Waals surface area (Å²) >= 11 is 0. The molecular weight excluding hydrogens is 355 g/mol. The number of hydrogen-bond donors (Lipinski definition) is 1. The van der Waals surface area contributed by atoms with Gasteiger partial charge in [0, 0.05) is 6.54 Å². The zero-order valence-electron chi connectivity index (χ0n) is 14.9.